The SMILES string of the molecule is CC(C)C[C@@H]1NC(=O)[C@H](CO)N(C)C(=O)[C@H](CC(C)C)N(C)C(=O)[C@H](CC(C)C)N(C)C(=O)[C@H](CC(C)C)N(C)C(=O)C(C)NC(=O)C[C@H](C)NC(=O)[C@H](CC(C)C)N(C)C(=O)[C@H](CC(C)C)NC(=O)[C@H](CC(C)C)N(C)C(=O)N(C)C1=O. The quantitative estimate of drug-likeness (QED) is 0.157. The first kappa shape index (κ1) is 75.1. The Labute approximate surface area is 496 Å². The molecule has 10 atom stereocenters. The normalized spacial score (nSPS) is 26.4. The summed E-state index contributed by atoms with van der Waals surface area (Å²) < 4.78 is 0. The third-order valence-electron chi connectivity index (χ3n) is 15.1. The number of imide groups is 1. The Kier molecular flexibility index (Phi) is 30.9. The molecule has 12 amide bonds. The molecule has 0 aromatic rings. The van der Waals surface area contributed by atoms with Crippen molar-refractivity contribution in [2.75, 3.05) is 55.9 Å². The highest BCUT2D eigenvalue weighted by molar-refractivity contribution is 6.02. The topological polar surface area (TPSA) is 279 Å². The summed E-state index contributed by atoms with van der Waals surface area (Å²) in [5, 5.41) is 22.0. The zero-order chi connectivity index (χ0) is 64.4. The molecule has 23 nitrogen and oxygen atoms in total. The van der Waals surface area contributed by atoms with Crippen molar-refractivity contribution < 1.29 is 57.8 Å². The summed E-state index contributed by atoms with van der Waals surface area (Å²) in [6, 6.07) is -12.7. The van der Waals surface area contributed by atoms with Crippen LogP contribution in [0.3, 0.4) is 0 Å². The summed E-state index contributed by atoms with van der Waals surface area (Å²) in [5.74, 6) is -7.72. The lowest BCUT2D eigenvalue weighted by Gasteiger charge is -2.40. The Bertz CT molecular complexity index is 2220. The highest BCUT2D eigenvalue weighted by Gasteiger charge is 2.43. The van der Waals surface area contributed by atoms with Crippen molar-refractivity contribution in [3.8, 4) is 0 Å². The van der Waals surface area contributed by atoms with Gasteiger partial charge in [-0.25, -0.2) is 4.79 Å². The van der Waals surface area contributed by atoms with Crippen LogP contribution in [0.25, 0.3) is 0 Å². The number of hydrogen-bond acceptors (Lipinski definition) is 12. The number of carbonyl (C=O) groups is 11. The summed E-state index contributed by atoms with van der Waals surface area (Å²) in [6.07, 6.45) is 0.674. The van der Waals surface area contributed by atoms with Crippen molar-refractivity contribution in [1.29, 1.82) is 0 Å². The first-order valence-electron chi connectivity index (χ1n) is 29.9. The van der Waals surface area contributed by atoms with E-state index in [9.17, 15) is 57.8 Å². The van der Waals surface area contributed by atoms with Gasteiger partial charge in [0.1, 0.15) is 54.4 Å². The number of aliphatic hydroxyl groups is 1. The molecule has 0 aliphatic carbocycles. The number of nitrogens with zero attached hydrogens (tertiary/aromatic N) is 7. The molecular weight excluding hydrogens is 1070 g/mol. The number of rotatable bonds is 15. The average Bonchev–Trinajstić information content (AvgIpc) is 3.41. The molecule has 0 aromatic carbocycles. The van der Waals surface area contributed by atoms with Crippen LogP contribution >= 0.6 is 0 Å². The Morgan fingerprint density at radius 1 is 0.361 bits per heavy atom. The van der Waals surface area contributed by atoms with E-state index in [2.05, 4.69) is 21.3 Å². The van der Waals surface area contributed by atoms with Crippen LogP contribution in [0, 0.1) is 41.4 Å². The molecule has 83 heavy (non-hydrogen) atoms. The Morgan fingerprint density at radius 3 is 1.01 bits per heavy atom. The Morgan fingerprint density at radius 2 is 0.651 bits per heavy atom. The Balaban J connectivity index is 4.25. The van der Waals surface area contributed by atoms with Gasteiger partial charge in [0.05, 0.1) is 6.61 Å². The van der Waals surface area contributed by atoms with E-state index in [1.54, 1.807) is 20.8 Å². The standard InChI is InChI=1S/C60H109N11O12/c1-33(2)24-42-55(78)65(17)44(26-35(5)6)51(74)61-40(15)31-50(73)62-41(16)54(77)66(18)46(28-37(9)10)57(80)67(19)47(29-38(11)12)58(81)68(20)48(30-39(13)14)59(82)69(21)49(32-72)53(76)64-43(25-34(3)4)56(79)71(23)60(83)70(22)45(27-36(7)8)52(75)63-42/h33-49,72H,24-32H2,1-23H3,(H,61,74)(H,62,73)(H,63,75)(H,64,76)/t40-,41?,42-,43-,44-,45-,46-,47-,48-,49-/m0/s1. The van der Waals surface area contributed by atoms with Gasteiger partial charge in [-0.15, -0.1) is 0 Å². The lowest BCUT2D eigenvalue weighted by atomic mass is 9.96. The van der Waals surface area contributed by atoms with E-state index in [0.717, 1.165) is 14.7 Å². The van der Waals surface area contributed by atoms with E-state index in [1.807, 2.05) is 83.1 Å². The summed E-state index contributed by atoms with van der Waals surface area (Å²) in [4.78, 5) is 167. The largest absolute Gasteiger partial charge is 0.394 e. The fraction of sp³-hybridized carbons (Fsp3) is 0.817. The van der Waals surface area contributed by atoms with Crippen LogP contribution in [0.5, 0.6) is 0 Å². The molecule has 1 heterocycles. The molecule has 1 saturated heterocycles. The van der Waals surface area contributed by atoms with Crippen molar-refractivity contribution in [2.24, 2.45) is 41.4 Å². The summed E-state index contributed by atoms with van der Waals surface area (Å²) in [5.41, 5.74) is 0. The second kappa shape index (κ2) is 34.2. The van der Waals surface area contributed by atoms with E-state index in [4.69, 9.17) is 0 Å². The van der Waals surface area contributed by atoms with E-state index in [0.29, 0.717) is 0 Å². The first-order chi connectivity index (χ1) is 38.2. The maximum Gasteiger partial charge on any atom is 0.326 e. The van der Waals surface area contributed by atoms with E-state index >= 15 is 0 Å². The van der Waals surface area contributed by atoms with Gasteiger partial charge in [0.2, 0.25) is 53.2 Å². The number of carbonyl (C=O) groups excluding carboxylic acids is 11. The molecule has 5 N–H and O–H groups in total. The van der Waals surface area contributed by atoms with Crippen LogP contribution in [-0.2, 0) is 47.9 Å². The smallest absolute Gasteiger partial charge is 0.326 e. The van der Waals surface area contributed by atoms with Gasteiger partial charge >= 0.3 is 6.03 Å². The molecular formula is C60H109N11O12. The second-order valence-corrected chi connectivity index (χ2v) is 26.2. The van der Waals surface area contributed by atoms with Crippen molar-refractivity contribution in [3.05, 3.63) is 0 Å². The molecule has 1 rings (SSSR count). The lowest BCUT2D eigenvalue weighted by molar-refractivity contribution is -0.155. The van der Waals surface area contributed by atoms with E-state index < -0.39 is 132 Å². The predicted molar refractivity (Wildman–Crippen MR) is 319 cm³/mol. The van der Waals surface area contributed by atoms with Gasteiger partial charge in [-0.2, -0.15) is 0 Å². The van der Waals surface area contributed by atoms with E-state index in [1.165, 1.54) is 75.9 Å². The van der Waals surface area contributed by atoms with Crippen molar-refractivity contribution in [1.82, 2.24) is 55.6 Å². The monoisotopic (exact) mass is 1180 g/mol. The van der Waals surface area contributed by atoms with Crippen LogP contribution in [-0.4, -0.2) is 221 Å². The van der Waals surface area contributed by atoms with Crippen LogP contribution in [0.2, 0.25) is 0 Å². The van der Waals surface area contributed by atoms with E-state index in [-0.39, 0.29) is 92.8 Å². The van der Waals surface area contributed by atoms with Gasteiger partial charge in [-0.3, -0.25) is 52.8 Å². The van der Waals surface area contributed by atoms with Crippen LogP contribution in [0.1, 0.15) is 162 Å². The molecule has 1 aliphatic heterocycles. The number of amides is 12. The minimum Gasteiger partial charge on any atom is -0.394 e. The number of nitrogens with one attached hydrogen (secondary N) is 4. The fourth-order valence-corrected chi connectivity index (χ4v) is 10.4. The highest BCUT2D eigenvalue weighted by Crippen LogP contribution is 2.24. The van der Waals surface area contributed by atoms with Crippen LogP contribution < -0.4 is 21.3 Å². The first-order valence-corrected chi connectivity index (χ1v) is 29.9. The minimum atomic E-state index is -1.59. The minimum absolute atomic E-state index is 0.0194. The third kappa shape index (κ3) is 22.6. The number of likely N-dealkylation sites (N-methyl/N-ethyl adjacent to an activating group) is 7. The summed E-state index contributed by atoms with van der Waals surface area (Å²) in [6.45, 7) is 28.2. The summed E-state index contributed by atoms with van der Waals surface area (Å²) >= 11 is 0. The maximum absolute atomic E-state index is 15.0. The predicted octanol–water partition coefficient (Wildman–Crippen LogP) is 3.70. The molecule has 0 aromatic heterocycles. The van der Waals surface area contributed by atoms with Gasteiger partial charge in [-0.1, -0.05) is 96.9 Å². The third-order valence-corrected chi connectivity index (χ3v) is 15.1. The molecule has 23 heteroatoms. The molecule has 0 spiro atoms. The van der Waals surface area contributed by atoms with Crippen molar-refractivity contribution in [2.45, 2.75) is 223 Å². The number of hydrogen-bond donors (Lipinski definition) is 5. The molecule has 476 valence electrons. The summed E-state index contributed by atoms with van der Waals surface area (Å²) in [7, 11) is 9.71. The van der Waals surface area contributed by atoms with Crippen LogP contribution in [0.4, 0.5) is 4.79 Å². The number of urea groups is 1. The van der Waals surface area contributed by atoms with Gasteiger partial charge < -0.3 is 55.8 Å². The maximum atomic E-state index is 15.0. The number of aliphatic hydroxyl groups excluding tert-OH is 1. The average molecular weight is 1180 g/mol. The van der Waals surface area contributed by atoms with Crippen molar-refractivity contribution >= 4 is 65.1 Å². The molecule has 0 radical (unpaired) electrons. The zero-order valence-electron chi connectivity index (χ0n) is 54.7. The molecule has 1 aliphatic rings. The second-order valence-electron chi connectivity index (χ2n) is 26.2. The highest BCUT2D eigenvalue weighted by atomic mass is 16.3. The molecule has 0 bridgehead atoms. The fourth-order valence-electron chi connectivity index (χ4n) is 10.4. The van der Waals surface area contributed by atoms with Crippen LogP contribution in [0.15, 0.2) is 0 Å². The zero-order valence-corrected chi connectivity index (χ0v) is 54.7. The Hall–Kier alpha value is -5.87. The lowest BCUT2D eigenvalue weighted by Crippen LogP contribution is -2.61. The molecule has 1 unspecified atom stereocenters. The molecule has 0 saturated carbocycles. The van der Waals surface area contributed by atoms with Gasteiger partial charge in [-0.05, 0) is 100 Å². The van der Waals surface area contributed by atoms with Gasteiger partial charge in [0.15, 0.2) is 0 Å². The van der Waals surface area contributed by atoms with Crippen molar-refractivity contribution in [3.63, 3.8) is 0 Å². The van der Waals surface area contributed by atoms with Gasteiger partial charge in [0.25, 0.3) is 5.91 Å². The van der Waals surface area contributed by atoms with Gasteiger partial charge in [0, 0.05) is 61.8 Å². The molecule has 1 fully saturated rings.